The lowest BCUT2D eigenvalue weighted by Crippen LogP contribution is -1.96. The van der Waals surface area contributed by atoms with E-state index in [1.54, 1.807) is 18.3 Å². The minimum atomic E-state index is 0.407. The van der Waals surface area contributed by atoms with E-state index >= 15 is 0 Å². The fourth-order valence-electron chi connectivity index (χ4n) is 1.36. The fraction of sp³-hybridized carbons (Fsp3) is 0.273. The van der Waals surface area contributed by atoms with Gasteiger partial charge in [0.15, 0.2) is 0 Å². The van der Waals surface area contributed by atoms with Crippen molar-refractivity contribution in [3.63, 3.8) is 0 Å². The molecule has 0 saturated heterocycles. The number of halogens is 2. The molecule has 0 aliphatic carbocycles. The van der Waals surface area contributed by atoms with Crippen molar-refractivity contribution in [2.24, 2.45) is 0 Å². The van der Waals surface area contributed by atoms with Crippen LogP contribution in [-0.2, 0) is 11.3 Å². The molecule has 0 aliphatic heterocycles. The van der Waals surface area contributed by atoms with Crippen molar-refractivity contribution in [3.8, 4) is 0 Å². The number of hydrogen-bond donors (Lipinski definition) is 0. The smallest absolute Gasteiger partial charge is 0.129 e. The first kappa shape index (κ1) is 11.6. The van der Waals surface area contributed by atoms with Crippen LogP contribution in [0.15, 0.2) is 18.3 Å². The largest absolute Gasteiger partial charge is 0.377 e. The van der Waals surface area contributed by atoms with Crippen molar-refractivity contribution >= 4 is 34.2 Å². The number of pyridine rings is 2. The van der Waals surface area contributed by atoms with E-state index in [1.165, 1.54) is 0 Å². The third kappa shape index (κ3) is 2.26. The lowest BCUT2D eigenvalue weighted by Gasteiger charge is -2.06. The maximum absolute atomic E-state index is 6.21. The zero-order valence-electron chi connectivity index (χ0n) is 8.70. The molecule has 0 bridgehead atoms. The highest BCUT2D eigenvalue weighted by Crippen LogP contribution is 2.25. The van der Waals surface area contributed by atoms with Gasteiger partial charge in [0.2, 0.25) is 0 Å². The lowest BCUT2D eigenvalue weighted by atomic mass is 10.2. The van der Waals surface area contributed by atoms with Crippen LogP contribution in [0.3, 0.4) is 0 Å². The maximum atomic E-state index is 6.21. The Balaban J connectivity index is 2.50. The second kappa shape index (κ2) is 4.95. The highest BCUT2D eigenvalue weighted by molar-refractivity contribution is 6.36. The summed E-state index contributed by atoms with van der Waals surface area (Å²) in [5.74, 6) is 0. The van der Waals surface area contributed by atoms with E-state index in [0.717, 1.165) is 11.1 Å². The van der Waals surface area contributed by atoms with Crippen LogP contribution in [-0.4, -0.2) is 16.6 Å². The Kier molecular flexibility index (Phi) is 3.59. The summed E-state index contributed by atoms with van der Waals surface area (Å²) in [4.78, 5) is 8.41. The number of fused-ring (bicyclic) bond motifs is 1. The zero-order chi connectivity index (χ0) is 11.5. The average Bonchev–Trinajstić information content (AvgIpc) is 2.29. The summed E-state index contributed by atoms with van der Waals surface area (Å²) in [6.45, 7) is 3.00. The predicted octanol–water partition coefficient (Wildman–Crippen LogP) is 3.47. The Bertz CT molecular complexity index is 517. The molecule has 0 amide bonds. The molecular formula is C11H10Cl2N2O. The molecule has 0 atom stereocenters. The van der Waals surface area contributed by atoms with Gasteiger partial charge in [-0.1, -0.05) is 23.2 Å². The van der Waals surface area contributed by atoms with Gasteiger partial charge in [-0.3, -0.25) is 4.98 Å². The van der Waals surface area contributed by atoms with Crippen LogP contribution in [0.1, 0.15) is 12.5 Å². The van der Waals surface area contributed by atoms with Crippen LogP contribution < -0.4 is 0 Å². The number of nitrogens with zero attached hydrogens (tertiary/aromatic N) is 2. The van der Waals surface area contributed by atoms with Gasteiger partial charge in [0.25, 0.3) is 0 Å². The SMILES string of the molecule is CCOCc1cnc2ccc(Cl)nc2c1Cl. The van der Waals surface area contributed by atoms with Gasteiger partial charge in [0.05, 0.1) is 17.1 Å². The van der Waals surface area contributed by atoms with Gasteiger partial charge in [0, 0.05) is 18.4 Å². The Hall–Kier alpha value is -0.900. The van der Waals surface area contributed by atoms with E-state index in [4.69, 9.17) is 27.9 Å². The summed E-state index contributed by atoms with van der Waals surface area (Å²) in [6, 6.07) is 3.48. The zero-order valence-corrected chi connectivity index (χ0v) is 10.2. The van der Waals surface area contributed by atoms with Crippen molar-refractivity contribution in [2.75, 3.05) is 6.61 Å². The Morgan fingerprint density at radius 2 is 2.12 bits per heavy atom. The highest BCUT2D eigenvalue weighted by atomic mass is 35.5. The molecule has 0 saturated carbocycles. The number of ether oxygens (including phenoxy) is 1. The molecule has 2 aromatic heterocycles. The third-order valence-electron chi connectivity index (χ3n) is 2.15. The topological polar surface area (TPSA) is 35.0 Å². The monoisotopic (exact) mass is 256 g/mol. The molecule has 2 aromatic rings. The first-order chi connectivity index (χ1) is 7.72. The first-order valence-corrected chi connectivity index (χ1v) is 5.65. The number of rotatable bonds is 3. The van der Waals surface area contributed by atoms with Gasteiger partial charge < -0.3 is 4.74 Å². The summed E-state index contributed by atoms with van der Waals surface area (Å²) < 4.78 is 5.29. The summed E-state index contributed by atoms with van der Waals surface area (Å²) in [6.07, 6.45) is 1.70. The minimum absolute atomic E-state index is 0.407. The number of aromatic nitrogens is 2. The molecule has 0 unspecified atom stereocenters. The van der Waals surface area contributed by atoms with Crippen LogP contribution in [0.2, 0.25) is 10.2 Å². The molecule has 3 nitrogen and oxygen atoms in total. The lowest BCUT2D eigenvalue weighted by molar-refractivity contribution is 0.134. The molecule has 0 aromatic carbocycles. The second-order valence-corrected chi connectivity index (χ2v) is 4.00. The van der Waals surface area contributed by atoms with E-state index in [0.29, 0.717) is 28.9 Å². The Morgan fingerprint density at radius 3 is 2.88 bits per heavy atom. The van der Waals surface area contributed by atoms with Gasteiger partial charge in [-0.2, -0.15) is 0 Å². The molecule has 0 aliphatic rings. The number of hydrogen-bond acceptors (Lipinski definition) is 3. The van der Waals surface area contributed by atoms with Crippen molar-refractivity contribution in [1.82, 2.24) is 9.97 Å². The van der Waals surface area contributed by atoms with Gasteiger partial charge in [-0.05, 0) is 19.1 Å². The summed E-state index contributed by atoms with van der Waals surface area (Å²) in [5, 5.41) is 0.964. The van der Waals surface area contributed by atoms with E-state index in [1.807, 2.05) is 6.92 Å². The van der Waals surface area contributed by atoms with Crippen LogP contribution in [0.25, 0.3) is 11.0 Å². The highest BCUT2D eigenvalue weighted by Gasteiger charge is 2.08. The summed E-state index contributed by atoms with van der Waals surface area (Å²) in [5.41, 5.74) is 2.17. The van der Waals surface area contributed by atoms with Crippen LogP contribution in [0.4, 0.5) is 0 Å². The second-order valence-electron chi connectivity index (χ2n) is 3.24. The van der Waals surface area contributed by atoms with Gasteiger partial charge >= 0.3 is 0 Å². The molecule has 16 heavy (non-hydrogen) atoms. The first-order valence-electron chi connectivity index (χ1n) is 4.89. The fourth-order valence-corrected chi connectivity index (χ4v) is 1.75. The molecule has 0 N–H and O–H groups in total. The van der Waals surface area contributed by atoms with Crippen LogP contribution >= 0.6 is 23.2 Å². The summed E-state index contributed by atoms with van der Waals surface area (Å²) >= 11 is 12.0. The Morgan fingerprint density at radius 1 is 1.31 bits per heavy atom. The molecule has 84 valence electrons. The van der Waals surface area contributed by atoms with Crippen LogP contribution in [0.5, 0.6) is 0 Å². The third-order valence-corrected chi connectivity index (χ3v) is 2.78. The van der Waals surface area contributed by atoms with Gasteiger partial charge in [0.1, 0.15) is 10.7 Å². The van der Waals surface area contributed by atoms with E-state index < -0.39 is 0 Å². The summed E-state index contributed by atoms with van der Waals surface area (Å²) in [7, 11) is 0. The van der Waals surface area contributed by atoms with Crippen molar-refractivity contribution in [2.45, 2.75) is 13.5 Å². The molecule has 2 heterocycles. The Labute approximate surface area is 103 Å². The standard InChI is InChI=1S/C11H10Cl2N2O/c1-2-16-6-7-5-14-8-3-4-9(12)15-11(8)10(7)13/h3-5H,2,6H2,1H3. The molecule has 2 rings (SSSR count). The van der Waals surface area contributed by atoms with Crippen LogP contribution in [0, 0.1) is 0 Å². The minimum Gasteiger partial charge on any atom is -0.377 e. The van der Waals surface area contributed by atoms with Gasteiger partial charge in [-0.15, -0.1) is 0 Å². The molecule has 0 radical (unpaired) electrons. The molecule has 0 fully saturated rings. The quantitative estimate of drug-likeness (QED) is 0.789. The van der Waals surface area contributed by atoms with Crippen molar-refractivity contribution in [3.05, 3.63) is 34.1 Å². The molecule has 0 spiro atoms. The van der Waals surface area contributed by atoms with Crippen molar-refractivity contribution < 1.29 is 4.74 Å². The molecular weight excluding hydrogens is 247 g/mol. The van der Waals surface area contributed by atoms with E-state index in [-0.39, 0.29) is 0 Å². The normalized spacial score (nSPS) is 10.9. The predicted molar refractivity (Wildman–Crippen MR) is 64.9 cm³/mol. The van der Waals surface area contributed by atoms with E-state index in [2.05, 4.69) is 9.97 Å². The average molecular weight is 257 g/mol. The molecule has 5 heteroatoms. The maximum Gasteiger partial charge on any atom is 0.129 e. The van der Waals surface area contributed by atoms with Gasteiger partial charge in [-0.25, -0.2) is 4.98 Å². The van der Waals surface area contributed by atoms with E-state index in [9.17, 15) is 0 Å². The van der Waals surface area contributed by atoms with Crippen molar-refractivity contribution in [1.29, 1.82) is 0 Å².